The van der Waals surface area contributed by atoms with Crippen molar-refractivity contribution in [3.05, 3.63) is 46.7 Å². The van der Waals surface area contributed by atoms with Crippen molar-refractivity contribution in [1.82, 2.24) is 24.5 Å². The number of carbonyl (C=O) groups excluding carboxylic acids is 3. The Bertz CT molecular complexity index is 1220. The Morgan fingerprint density at radius 2 is 1.73 bits per heavy atom. The molecule has 3 rings (SSSR count). The van der Waals surface area contributed by atoms with E-state index in [4.69, 9.17) is 16.3 Å². The van der Waals surface area contributed by atoms with Gasteiger partial charge in [0.2, 0.25) is 11.8 Å². The minimum Gasteiger partial charge on any atom is -0.493 e. The highest BCUT2D eigenvalue weighted by Crippen LogP contribution is 2.28. The van der Waals surface area contributed by atoms with Gasteiger partial charge in [-0.1, -0.05) is 25.4 Å². The van der Waals surface area contributed by atoms with Crippen molar-refractivity contribution >= 4 is 29.3 Å². The molecule has 1 aliphatic heterocycles. The largest absolute Gasteiger partial charge is 0.493 e. The quantitative estimate of drug-likeness (QED) is 0.515. The number of fused-ring (bicyclic) bond motifs is 1. The van der Waals surface area contributed by atoms with Crippen molar-refractivity contribution < 1.29 is 32.3 Å². The Morgan fingerprint density at radius 3 is 2.37 bits per heavy atom. The third-order valence-corrected chi connectivity index (χ3v) is 7.24. The van der Waals surface area contributed by atoms with Crippen LogP contribution in [0.2, 0.25) is 5.02 Å². The molecular formula is C28H37ClF3N5O4. The first kappa shape index (κ1) is 32.2. The molecule has 0 spiro atoms. The van der Waals surface area contributed by atoms with E-state index in [1.165, 1.54) is 11.0 Å². The summed E-state index contributed by atoms with van der Waals surface area (Å²) in [5, 5.41) is 3.85. The Balaban J connectivity index is 1.80. The molecular weight excluding hydrogens is 563 g/mol. The molecule has 0 unspecified atom stereocenters. The van der Waals surface area contributed by atoms with E-state index in [0.717, 1.165) is 16.9 Å². The summed E-state index contributed by atoms with van der Waals surface area (Å²) in [6.07, 6.45) is -1.14. The van der Waals surface area contributed by atoms with Crippen molar-refractivity contribution in [2.45, 2.75) is 58.3 Å². The molecule has 9 nitrogen and oxygen atoms in total. The van der Waals surface area contributed by atoms with Gasteiger partial charge in [-0.25, -0.2) is 0 Å². The lowest BCUT2D eigenvalue weighted by molar-refractivity contribution is -0.142. The molecule has 1 atom stereocenters. The van der Waals surface area contributed by atoms with Gasteiger partial charge in [-0.05, 0) is 55.9 Å². The minimum absolute atomic E-state index is 0.169. The predicted molar refractivity (Wildman–Crippen MR) is 148 cm³/mol. The van der Waals surface area contributed by atoms with Crippen LogP contribution in [0.4, 0.5) is 13.2 Å². The molecule has 0 N–H and O–H groups in total. The van der Waals surface area contributed by atoms with Gasteiger partial charge in [0, 0.05) is 44.9 Å². The number of amides is 3. The molecule has 13 heteroatoms. The lowest BCUT2D eigenvalue weighted by atomic mass is 10.00. The van der Waals surface area contributed by atoms with Crippen LogP contribution in [0, 0.1) is 5.92 Å². The number of halogens is 4. The lowest BCUT2D eigenvalue weighted by Gasteiger charge is -2.33. The van der Waals surface area contributed by atoms with Crippen LogP contribution < -0.4 is 4.74 Å². The summed E-state index contributed by atoms with van der Waals surface area (Å²) < 4.78 is 45.7. The van der Waals surface area contributed by atoms with Crippen molar-refractivity contribution in [2.75, 3.05) is 40.3 Å². The minimum atomic E-state index is -4.59. The molecule has 1 aromatic heterocycles. The average molecular weight is 600 g/mol. The van der Waals surface area contributed by atoms with E-state index in [1.54, 1.807) is 36.0 Å². The van der Waals surface area contributed by atoms with Gasteiger partial charge in [0.05, 0.1) is 12.2 Å². The predicted octanol–water partition coefficient (Wildman–Crippen LogP) is 4.59. The zero-order valence-electron chi connectivity index (χ0n) is 23.8. The monoisotopic (exact) mass is 599 g/mol. The SMILES string of the molecule is CC(C)[C@H]1C(=O)N(C)CCCCN(C(=O)Cn2ccc(C(F)(F)F)n2)CCCCOc2ccc(Cl)cc2C(=O)N1C. The highest BCUT2D eigenvalue weighted by atomic mass is 35.5. The van der Waals surface area contributed by atoms with Crippen molar-refractivity contribution in [3.8, 4) is 5.75 Å². The number of carbonyl (C=O) groups is 3. The normalized spacial score (nSPS) is 18.8. The van der Waals surface area contributed by atoms with Gasteiger partial charge < -0.3 is 19.4 Å². The molecule has 2 aromatic rings. The Morgan fingerprint density at radius 1 is 1.07 bits per heavy atom. The van der Waals surface area contributed by atoms with Crippen LogP contribution in [0.15, 0.2) is 30.5 Å². The maximum Gasteiger partial charge on any atom is 0.435 e. The number of hydrogen-bond acceptors (Lipinski definition) is 5. The second-order valence-electron chi connectivity index (χ2n) is 10.5. The number of likely N-dealkylation sites (N-methyl/N-ethyl adjacent to an activating group) is 2. The van der Waals surface area contributed by atoms with Crippen LogP contribution in [-0.4, -0.2) is 88.6 Å². The van der Waals surface area contributed by atoms with Gasteiger partial charge >= 0.3 is 6.18 Å². The fourth-order valence-electron chi connectivity index (χ4n) is 4.78. The third kappa shape index (κ3) is 8.61. The van der Waals surface area contributed by atoms with E-state index in [2.05, 4.69) is 5.10 Å². The first-order valence-corrected chi connectivity index (χ1v) is 14.0. The van der Waals surface area contributed by atoms with Crippen LogP contribution in [-0.2, 0) is 22.3 Å². The van der Waals surface area contributed by atoms with E-state index < -0.39 is 17.9 Å². The van der Waals surface area contributed by atoms with Gasteiger partial charge in [-0.15, -0.1) is 0 Å². The van der Waals surface area contributed by atoms with Gasteiger partial charge in [0.15, 0.2) is 5.69 Å². The third-order valence-electron chi connectivity index (χ3n) is 7.00. The number of nitrogens with zero attached hydrogens (tertiary/aromatic N) is 5. The first-order chi connectivity index (χ1) is 19.3. The highest BCUT2D eigenvalue weighted by molar-refractivity contribution is 6.31. The highest BCUT2D eigenvalue weighted by Gasteiger charge is 2.35. The molecule has 0 radical (unpaired) electrons. The summed E-state index contributed by atoms with van der Waals surface area (Å²) in [6.45, 7) is 4.85. The number of benzene rings is 1. The zero-order chi connectivity index (χ0) is 30.3. The molecule has 226 valence electrons. The molecule has 3 amide bonds. The second kappa shape index (κ2) is 14.1. The maximum atomic E-state index is 13.5. The van der Waals surface area contributed by atoms with Crippen LogP contribution in [0.5, 0.6) is 5.75 Å². The summed E-state index contributed by atoms with van der Waals surface area (Å²) in [6, 6.07) is 4.88. The van der Waals surface area contributed by atoms with Crippen molar-refractivity contribution in [2.24, 2.45) is 5.92 Å². The topological polar surface area (TPSA) is 88.0 Å². The van der Waals surface area contributed by atoms with E-state index in [-0.39, 0.29) is 42.4 Å². The van der Waals surface area contributed by atoms with Crippen LogP contribution in [0.1, 0.15) is 55.6 Å². The molecule has 0 saturated carbocycles. The average Bonchev–Trinajstić information content (AvgIpc) is 3.38. The van der Waals surface area contributed by atoms with E-state index >= 15 is 0 Å². The van der Waals surface area contributed by atoms with Gasteiger partial charge in [-0.3, -0.25) is 19.1 Å². The Hall–Kier alpha value is -3.28. The van der Waals surface area contributed by atoms with E-state index in [1.807, 2.05) is 13.8 Å². The molecule has 0 saturated heterocycles. The lowest BCUT2D eigenvalue weighted by Crippen LogP contribution is -2.51. The van der Waals surface area contributed by atoms with E-state index in [0.29, 0.717) is 56.1 Å². The van der Waals surface area contributed by atoms with Crippen LogP contribution >= 0.6 is 11.6 Å². The molecule has 0 fully saturated rings. The number of rotatable bonds is 3. The molecule has 2 heterocycles. The van der Waals surface area contributed by atoms with Crippen molar-refractivity contribution in [3.63, 3.8) is 0 Å². The summed E-state index contributed by atoms with van der Waals surface area (Å²) >= 11 is 6.20. The summed E-state index contributed by atoms with van der Waals surface area (Å²) in [5.41, 5.74) is -0.802. The molecule has 0 aliphatic carbocycles. The first-order valence-electron chi connectivity index (χ1n) is 13.6. The standard InChI is InChI=1S/C28H37ClF3N5O4/c1-19(2)25-27(40)34(3)12-5-6-13-36(24(38)18-37-15-11-23(33-37)28(30,31)32)14-7-8-16-41-22-10-9-20(29)17-21(22)26(39)35(25)4/h9-11,15,17,19,25H,5-8,12-14,16,18H2,1-4H3/t25-/m0/s1. The smallest absolute Gasteiger partial charge is 0.435 e. The van der Waals surface area contributed by atoms with Gasteiger partial charge in [0.1, 0.15) is 18.3 Å². The summed E-state index contributed by atoms with van der Waals surface area (Å²) in [5.74, 6) is -0.769. The number of aromatic nitrogens is 2. The van der Waals surface area contributed by atoms with Crippen molar-refractivity contribution in [1.29, 1.82) is 0 Å². The Labute approximate surface area is 243 Å². The number of hydrogen-bond donors (Lipinski definition) is 0. The summed E-state index contributed by atoms with van der Waals surface area (Å²) in [7, 11) is 3.27. The fraction of sp³-hybridized carbons (Fsp3) is 0.571. The number of alkyl halides is 3. The summed E-state index contributed by atoms with van der Waals surface area (Å²) in [4.78, 5) is 44.6. The van der Waals surface area contributed by atoms with Gasteiger partial charge in [0.25, 0.3) is 5.91 Å². The van der Waals surface area contributed by atoms with Crippen LogP contribution in [0.25, 0.3) is 0 Å². The number of ether oxygens (including phenoxy) is 1. The molecule has 0 bridgehead atoms. The molecule has 1 aliphatic rings. The van der Waals surface area contributed by atoms with E-state index in [9.17, 15) is 27.6 Å². The molecule has 1 aromatic carbocycles. The zero-order valence-corrected chi connectivity index (χ0v) is 24.5. The Kier molecular flexibility index (Phi) is 11.1. The maximum absolute atomic E-state index is 13.5. The fourth-order valence-corrected chi connectivity index (χ4v) is 4.96. The molecule has 41 heavy (non-hydrogen) atoms. The second-order valence-corrected chi connectivity index (χ2v) is 11.0. The van der Waals surface area contributed by atoms with Gasteiger partial charge in [-0.2, -0.15) is 18.3 Å². The van der Waals surface area contributed by atoms with Crippen LogP contribution in [0.3, 0.4) is 0 Å².